The van der Waals surface area contributed by atoms with Crippen molar-refractivity contribution < 1.29 is 4.74 Å². The summed E-state index contributed by atoms with van der Waals surface area (Å²) < 4.78 is 6.16. The van der Waals surface area contributed by atoms with E-state index in [-0.39, 0.29) is 0 Å². The highest BCUT2D eigenvalue weighted by atomic mass is 79.9. The number of halogens is 1. The topological polar surface area (TPSA) is 45.0 Å². The predicted octanol–water partition coefficient (Wildman–Crippen LogP) is 2.89. The quantitative estimate of drug-likeness (QED) is 0.787. The summed E-state index contributed by atoms with van der Waals surface area (Å²) in [6, 6.07) is 8.25. The largest absolute Gasteiger partial charge is 0.496 e. The number of hydrogen-bond donors (Lipinski definition) is 1. The molecular formula is C13H17BrN2O. The Morgan fingerprint density at radius 2 is 2.24 bits per heavy atom. The van der Waals surface area contributed by atoms with Crippen LogP contribution in [-0.2, 0) is 6.42 Å². The van der Waals surface area contributed by atoms with Crippen molar-refractivity contribution in [2.24, 2.45) is 0 Å². The van der Waals surface area contributed by atoms with Crippen molar-refractivity contribution in [3.8, 4) is 11.8 Å². The highest BCUT2D eigenvalue weighted by molar-refractivity contribution is 9.10. The predicted molar refractivity (Wildman–Crippen MR) is 72.1 cm³/mol. The van der Waals surface area contributed by atoms with Gasteiger partial charge in [-0.3, -0.25) is 0 Å². The number of nitrogens with zero attached hydrogens (tertiary/aromatic N) is 1. The molecule has 4 heteroatoms. The summed E-state index contributed by atoms with van der Waals surface area (Å²) in [5.74, 6) is 0.857. The fourth-order valence-corrected chi connectivity index (χ4v) is 2.10. The SMILES string of the molecule is COc1ccc(CCNCCCC#N)cc1Br. The zero-order valence-electron chi connectivity index (χ0n) is 10.0. The van der Waals surface area contributed by atoms with Gasteiger partial charge in [0, 0.05) is 6.42 Å². The normalized spacial score (nSPS) is 9.94. The highest BCUT2D eigenvalue weighted by Crippen LogP contribution is 2.25. The van der Waals surface area contributed by atoms with Crippen molar-refractivity contribution in [3.63, 3.8) is 0 Å². The maximum Gasteiger partial charge on any atom is 0.133 e. The molecule has 92 valence electrons. The number of methoxy groups -OCH3 is 1. The van der Waals surface area contributed by atoms with Crippen molar-refractivity contribution in [2.45, 2.75) is 19.3 Å². The van der Waals surface area contributed by atoms with Gasteiger partial charge in [0.15, 0.2) is 0 Å². The first kappa shape index (κ1) is 14.0. The fraction of sp³-hybridized carbons (Fsp3) is 0.462. The van der Waals surface area contributed by atoms with Crippen LogP contribution in [0, 0.1) is 11.3 Å². The lowest BCUT2D eigenvalue weighted by molar-refractivity contribution is 0.412. The summed E-state index contributed by atoms with van der Waals surface area (Å²) in [5.41, 5.74) is 1.27. The number of nitrogens with one attached hydrogen (secondary N) is 1. The molecule has 1 rings (SSSR count). The van der Waals surface area contributed by atoms with Gasteiger partial charge in [-0.25, -0.2) is 0 Å². The minimum atomic E-state index is 0.626. The summed E-state index contributed by atoms with van der Waals surface area (Å²) in [4.78, 5) is 0. The van der Waals surface area contributed by atoms with Gasteiger partial charge in [0.2, 0.25) is 0 Å². The molecule has 0 aliphatic carbocycles. The lowest BCUT2D eigenvalue weighted by atomic mass is 10.1. The molecule has 0 amide bonds. The third-order valence-corrected chi connectivity index (χ3v) is 3.07. The van der Waals surface area contributed by atoms with Gasteiger partial charge >= 0.3 is 0 Å². The molecule has 0 spiro atoms. The zero-order chi connectivity index (χ0) is 12.5. The standard InChI is InChI=1S/C13H17BrN2O/c1-17-13-5-4-11(10-12(13)14)6-9-16-8-3-2-7-15/h4-5,10,16H,2-3,6,8-9H2,1H3. The second-order valence-corrected chi connectivity index (χ2v) is 4.58. The number of hydrogen-bond acceptors (Lipinski definition) is 3. The molecule has 0 fully saturated rings. The first-order chi connectivity index (χ1) is 8.27. The molecule has 17 heavy (non-hydrogen) atoms. The molecule has 0 heterocycles. The molecule has 0 saturated heterocycles. The molecule has 0 aromatic heterocycles. The van der Waals surface area contributed by atoms with Crippen LogP contribution in [0.2, 0.25) is 0 Å². The lowest BCUT2D eigenvalue weighted by Gasteiger charge is -2.07. The molecule has 3 nitrogen and oxygen atoms in total. The number of benzene rings is 1. The Balaban J connectivity index is 2.28. The van der Waals surface area contributed by atoms with E-state index in [0.29, 0.717) is 6.42 Å². The van der Waals surface area contributed by atoms with E-state index in [4.69, 9.17) is 10.00 Å². The van der Waals surface area contributed by atoms with Gasteiger partial charge < -0.3 is 10.1 Å². The molecule has 0 bridgehead atoms. The molecule has 1 N–H and O–H groups in total. The van der Waals surface area contributed by atoms with Crippen LogP contribution in [-0.4, -0.2) is 20.2 Å². The summed E-state index contributed by atoms with van der Waals surface area (Å²) >= 11 is 3.47. The molecule has 0 unspecified atom stereocenters. The van der Waals surface area contributed by atoms with E-state index in [0.717, 1.165) is 36.2 Å². The average molecular weight is 297 g/mol. The van der Waals surface area contributed by atoms with Crippen molar-refractivity contribution in [1.29, 1.82) is 5.26 Å². The molecule has 0 radical (unpaired) electrons. The Morgan fingerprint density at radius 1 is 1.41 bits per heavy atom. The van der Waals surface area contributed by atoms with Crippen LogP contribution in [0.25, 0.3) is 0 Å². The Kier molecular flexibility index (Phi) is 6.68. The molecule has 1 aromatic carbocycles. The Hall–Kier alpha value is -1.05. The molecule has 1 aromatic rings. The number of unbranched alkanes of at least 4 members (excludes halogenated alkanes) is 1. The first-order valence-electron chi connectivity index (χ1n) is 5.68. The van der Waals surface area contributed by atoms with Gasteiger partial charge in [0.25, 0.3) is 0 Å². The van der Waals surface area contributed by atoms with Crippen molar-refractivity contribution in [3.05, 3.63) is 28.2 Å². The van der Waals surface area contributed by atoms with Crippen LogP contribution in [0.15, 0.2) is 22.7 Å². The van der Waals surface area contributed by atoms with E-state index < -0.39 is 0 Å². The van der Waals surface area contributed by atoms with Gasteiger partial charge in [-0.15, -0.1) is 0 Å². The molecule has 0 saturated carbocycles. The van der Waals surface area contributed by atoms with E-state index >= 15 is 0 Å². The van der Waals surface area contributed by atoms with Gasteiger partial charge in [-0.05, 0) is 59.6 Å². The summed E-state index contributed by atoms with van der Waals surface area (Å²) in [6.45, 7) is 1.84. The van der Waals surface area contributed by atoms with E-state index in [1.165, 1.54) is 5.56 Å². The summed E-state index contributed by atoms with van der Waals surface area (Å²) in [6.07, 6.45) is 2.53. The fourth-order valence-electron chi connectivity index (χ4n) is 1.52. The molecule has 0 aliphatic rings. The third kappa shape index (κ3) is 5.20. The number of rotatable bonds is 7. The third-order valence-electron chi connectivity index (χ3n) is 2.45. The van der Waals surface area contributed by atoms with E-state index in [9.17, 15) is 0 Å². The van der Waals surface area contributed by atoms with Crippen molar-refractivity contribution in [2.75, 3.05) is 20.2 Å². The van der Waals surface area contributed by atoms with E-state index in [2.05, 4.69) is 39.4 Å². The maximum absolute atomic E-state index is 8.39. The minimum Gasteiger partial charge on any atom is -0.496 e. The molecule has 0 aliphatic heterocycles. The van der Waals surface area contributed by atoms with Crippen LogP contribution < -0.4 is 10.1 Å². The van der Waals surface area contributed by atoms with Crippen LogP contribution in [0.4, 0.5) is 0 Å². The second kappa shape index (κ2) is 8.10. The highest BCUT2D eigenvalue weighted by Gasteiger charge is 2.00. The monoisotopic (exact) mass is 296 g/mol. The van der Waals surface area contributed by atoms with Crippen LogP contribution in [0.1, 0.15) is 18.4 Å². The first-order valence-corrected chi connectivity index (χ1v) is 6.47. The smallest absolute Gasteiger partial charge is 0.133 e. The Morgan fingerprint density at radius 3 is 2.88 bits per heavy atom. The number of ether oxygens (including phenoxy) is 1. The van der Waals surface area contributed by atoms with Crippen molar-refractivity contribution in [1.82, 2.24) is 5.32 Å². The Labute approximate surface area is 111 Å². The average Bonchev–Trinajstić information content (AvgIpc) is 2.34. The zero-order valence-corrected chi connectivity index (χ0v) is 11.6. The summed E-state index contributed by atoms with van der Waals surface area (Å²) in [5, 5.41) is 11.7. The van der Waals surface area contributed by atoms with Crippen molar-refractivity contribution >= 4 is 15.9 Å². The molecular weight excluding hydrogens is 280 g/mol. The van der Waals surface area contributed by atoms with Gasteiger partial charge in [-0.1, -0.05) is 6.07 Å². The van der Waals surface area contributed by atoms with Crippen LogP contribution in [0.3, 0.4) is 0 Å². The van der Waals surface area contributed by atoms with E-state index in [1.54, 1.807) is 7.11 Å². The van der Waals surface area contributed by atoms with Crippen LogP contribution >= 0.6 is 15.9 Å². The maximum atomic E-state index is 8.39. The van der Waals surface area contributed by atoms with Crippen LogP contribution in [0.5, 0.6) is 5.75 Å². The second-order valence-electron chi connectivity index (χ2n) is 3.73. The van der Waals surface area contributed by atoms with E-state index in [1.807, 2.05) is 6.07 Å². The lowest BCUT2D eigenvalue weighted by Crippen LogP contribution is -2.18. The van der Waals surface area contributed by atoms with Gasteiger partial charge in [0.1, 0.15) is 5.75 Å². The number of nitriles is 1. The van der Waals surface area contributed by atoms with Gasteiger partial charge in [-0.2, -0.15) is 5.26 Å². The Bertz CT molecular complexity index is 387. The van der Waals surface area contributed by atoms with Gasteiger partial charge in [0.05, 0.1) is 17.7 Å². The summed E-state index contributed by atoms with van der Waals surface area (Å²) in [7, 11) is 1.66. The minimum absolute atomic E-state index is 0.626. The molecule has 0 atom stereocenters.